The van der Waals surface area contributed by atoms with E-state index in [1.165, 1.54) is 0 Å². The highest BCUT2D eigenvalue weighted by atomic mass is 16.5. The van der Waals surface area contributed by atoms with Crippen molar-refractivity contribution in [3.8, 4) is 11.5 Å². The number of carbonyl (C=O) groups is 1. The van der Waals surface area contributed by atoms with Crippen LogP contribution in [0.5, 0.6) is 11.5 Å². The van der Waals surface area contributed by atoms with E-state index < -0.39 is 0 Å². The number of aromatic hydroxyl groups is 1. The number of amides is 1. The molecule has 0 atom stereocenters. The van der Waals surface area contributed by atoms with Crippen LogP contribution in [0.3, 0.4) is 0 Å². The lowest BCUT2D eigenvalue weighted by Crippen LogP contribution is -2.16. The number of hydrogen-bond donors (Lipinski definition) is 3. The van der Waals surface area contributed by atoms with Crippen LogP contribution in [0.15, 0.2) is 91.0 Å². The molecule has 35 heavy (non-hydrogen) atoms. The minimum absolute atomic E-state index is 0.158. The summed E-state index contributed by atoms with van der Waals surface area (Å²) in [5.41, 5.74) is 3.98. The molecule has 0 aromatic heterocycles. The molecule has 0 fully saturated rings. The number of benzene rings is 4. The van der Waals surface area contributed by atoms with Gasteiger partial charge in [0.2, 0.25) is 0 Å². The minimum atomic E-state index is -0.204. The standard InChI is InChI=1S/C30H30N2O3/c1-3-26(28-10-6-8-21-7-4-5-9-27(21)28)29(22-11-15-24(33)16-12-22)30(34)32-23-13-17-25(18-14-23)35-20-19-31-2/h4-18,31,33H,3,19-20H2,1-2H3,(H,32,34)/b29-26+. The summed E-state index contributed by atoms with van der Waals surface area (Å²) in [6.45, 7) is 3.39. The van der Waals surface area contributed by atoms with E-state index in [0.29, 0.717) is 24.3 Å². The van der Waals surface area contributed by atoms with Crippen molar-refractivity contribution < 1.29 is 14.6 Å². The molecule has 178 valence electrons. The molecule has 0 aliphatic carbocycles. The first kappa shape index (κ1) is 24.0. The molecule has 4 aromatic rings. The van der Waals surface area contributed by atoms with Gasteiger partial charge in [-0.1, -0.05) is 61.5 Å². The molecule has 0 saturated carbocycles. The van der Waals surface area contributed by atoms with Gasteiger partial charge >= 0.3 is 0 Å². The Bertz CT molecular complexity index is 1320. The van der Waals surface area contributed by atoms with Crippen LogP contribution in [0.2, 0.25) is 0 Å². The second kappa shape index (κ2) is 11.4. The molecular formula is C30H30N2O3. The molecule has 0 bridgehead atoms. The Morgan fingerprint density at radius 2 is 1.60 bits per heavy atom. The maximum Gasteiger partial charge on any atom is 0.256 e. The van der Waals surface area contributed by atoms with E-state index in [4.69, 9.17) is 4.74 Å². The number of fused-ring (bicyclic) bond motifs is 1. The Kier molecular flexibility index (Phi) is 7.81. The molecule has 0 heterocycles. The summed E-state index contributed by atoms with van der Waals surface area (Å²) in [4.78, 5) is 13.7. The lowest BCUT2D eigenvalue weighted by Gasteiger charge is -2.17. The highest BCUT2D eigenvalue weighted by Gasteiger charge is 2.20. The first-order chi connectivity index (χ1) is 17.1. The van der Waals surface area contributed by atoms with Crippen molar-refractivity contribution in [1.29, 1.82) is 0 Å². The monoisotopic (exact) mass is 466 g/mol. The molecule has 0 aliphatic heterocycles. The van der Waals surface area contributed by atoms with Gasteiger partial charge in [-0.3, -0.25) is 4.79 Å². The van der Waals surface area contributed by atoms with E-state index in [2.05, 4.69) is 41.8 Å². The normalized spacial score (nSPS) is 11.7. The number of ether oxygens (including phenoxy) is 1. The molecule has 4 rings (SSSR count). The molecule has 0 saturated heterocycles. The van der Waals surface area contributed by atoms with Crippen molar-refractivity contribution in [1.82, 2.24) is 5.32 Å². The van der Waals surface area contributed by atoms with Crippen LogP contribution < -0.4 is 15.4 Å². The number of rotatable bonds is 9. The van der Waals surface area contributed by atoms with Crippen LogP contribution in [0.1, 0.15) is 24.5 Å². The Morgan fingerprint density at radius 3 is 2.31 bits per heavy atom. The van der Waals surface area contributed by atoms with Gasteiger partial charge < -0.3 is 20.5 Å². The maximum atomic E-state index is 13.7. The van der Waals surface area contributed by atoms with Gasteiger partial charge in [-0.2, -0.15) is 0 Å². The number of likely N-dealkylation sites (N-methyl/N-ethyl adjacent to an activating group) is 1. The second-order valence-corrected chi connectivity index (χ2v) is 8.21. The van der Waals surface area contributed by atoms with Crippen molar-refractivity contribution in [3.05, 3.63) is 102 Å². The summed E-state index contributed by atoms with van der Waals surface area (Å²) in [6.07, 6.45) is 0.663. The Morgan fingerprint density at radius 1 is 0.886 bits per heavy atom. The smallest absolute Gasteiger partial charge is 0.256 e. The van der Waals surface area contributed by atoms with E-state index in [0.717, 1.165) is 39.8 Å². The number of nitrogens with one attached hydrogen (secondary N) is 2. The Hall–Kier alpha value is -4.09. The van der Waals surface area contributed by atoms with Gasteiger partial charge in [0.1, 0.15) is 18.1 Å². The third kappa shape index (κ3) is 5.70. The van der Waals surface area contributed by atoms with Gasteiger partial charge in [-0.05, 0) is 77.3 Å². The predicted octanol–water partition coefficient (Wildman–Crippen LogP) is 6.10. The molecule has 0 radical (unpaired) electrons. The highest BCUT2D eigenvalue weighted by molar-refractivity contribution is 6.32. The van der Waals surface area contributed by atoms with E-state index in [-0.39, 0.29) is 11.7 Å². The summed E-state index contributed by atoms with van der Waals surface area (Å²) >= 11 is 0. The number of hydrogen-bond acceptors (Lipinski definition) is 4. The van der Waals surface area contributed by atoms with Crippen molar-refractivity contribution in [2.24, 2.45) is 0 Å². The van der Waals surface area contributed by atoms with Crippen LogP contribution in [0.4, 0.5) is 5.69 Å². The number of anilines is 1. The summed E-state index contributed by atoms with van der Waals surface area (Å²) in [7, 11) is 1.88. The van der Waals surface area contributed by atoms with Gasteiger partial charge in [0.05, 0.1) is 5.57 Å². The maximum absolute atomic E-state index is 13.7. The van der Waals surface area contributed by atoms with Crippen molar-refractivity contribution in [2.45, 2.75) is 13.3 Å². The first-order valence-corrected chi connectivity index (χ1v) is 11.8. The predicted molar refractivity (Wildman–Crippen MR) is 144 cm³/mol. The van der Waals surface area contributed by atoms with Gasteiger partial charge in [0.15, 0.2) is 0 Å². The number of phenolic OH excluding ortho intramolecular Hbond substituents is 1. The number of phenols is 1. The van der Waals surface area contributed by atoms with Crippen LogP contribution in [0, 0.1) is 0 Å². The zero-order chi connectivity index (χ0) is 24.6. The fraction of sp³-hybridized carbons (Fsp3) is 0.167. The number of allylic oxidation sites excluding steroid dienone is 1. The van der Waals surface area contributed by atoms with E-state index >= 15 is 0 Å². The average Bonchev–Trinajstić information content (AvgIpc) is 2.89. The topological polar surface area (TPSA) is 70.6 Å². The third-order valence-corrected chi connectivity index (χ3v) is 5.89. The lowest BCUT2D eigenvalue weighted by molar-refractivity contribution is -0.111. The van der Waals surface area contributed by atoms with Gasteiger partial charge in [0, 0.05) is 12.2 Å². The zero-order valence-electron chi connectivity index (χ0n) is 20.0. The van der Waals surface area contributed by atoms with Crippen LogP contribution >= 0.6 is 0 Å². The van der Waals surface area contributed by atoms with E-state index in [1.54, 1.807) is 24.3 Å². The third-order valence-electron chi connectivity index (χ3n) is 5.89. The summed E-state index contributed by atoms with van der Waals surface area (Å²) in [6, 6.07) is 28.5. The molecule has 0 unspecified atom stereocenters. The van der Waals surface area contributed by atoms with Crippen molar-refractivity contribution >= 4 is 33.5 Å². The van der Waals surface area contributed by atoms with Crippen LogP contribution in [0.25, 0.3) is 21.9 Å². The second-order valence-electron chi connectivity index (χ2n) is 8.21. The molecular weight excluding hydrogens is 436 g/mol. The van der Waals surface area contributed by atoms with Gasteiger partial charge in [-0.25, -0.2) is 0 Å². The fourth-order valence-corrected chi connectivity index (χ4v) is 4.16. The highest BCUT2D eigenvalue weighted by Crippen LogP contribution is 2.35. The van der Waals surface area contributed by atoms with Gasteiger partial charge in [0.25, 0.3) is 5.91 Å². The van der Waals surface area contributed by atoms with E-state index in [9.17, 15) is 9.90 Å². The molecule has 1 amide bonds. The molecule has 0 aliphatic rings. The van der Waals surface area contributed by atoms with Crippen molar-refractivity contribution in [2.75, 3.05) is 25.5 Å². The molecule has 0 spiro atoms. The van der Waals surface area contributed by atoms with Crippen LogP contribution in [-0.4, -0.2) is 31.2 Å². The summed E-state index contributed by atoms with van der Waals surface area (Å²) in [5, 5.41) is 18.2. The van der Waals surface area contributed by atoms with Gasteiger partial charge in [-0.15, -0.1) is 0 Å². The molecule has 5 heteroatoms. The largest absolute Gasteiger partial charge is 0.508 e. The quantitative estimate of drug-likeness (QED) is 0.158. The first-order valence-electron chi connectivity index (χ1n) is 11.8. The summed E-state index contributed by atoms with van der Waals surface area (Å²) in [5.74, 6) is 0.701. The summed E-state index contributed by atoms with van der Waals surface area (Å²) < 4.78 is 5.68. The Labute approximate surface area is 206 Å². The number of carbonyl (C=O) groups excluding carboxylic acids is 1. The fourth-order valence-electron chi connectivity index (χ4n) is 4.16. The Balaban J connectivity index is 1.74. The molecule has 5 nitrogen and oxygen atoms in total. The SMILES string of the molecule is CC/C(=C(\C(=O)Nc1ccc(OCCNC)cc1)c1ccc(O)cc1)c1cccc2ccccc12. The van der Waals surface area contributed by atoms with E-state index in [1.807, 2.05) is 49.5 Å². The van der Waals surface area contributed by atoms with Crippen molar-refractivity contribution in [3.63, 3.8) is 0 Å². The molecule has 4 aromatic carbocycles. The molecule has 3 N–H and O–H groups in total. The zero-order valence-corrected chi connectivity index (χ0v) is 20.0. The average molecular weight is 467 g/mol. The van der Waals surface area contributed by atoms with Crippen LogP contribution in [-0.2, 0) is 4.79 Å². The lowest BCUT2D eigenvalue weighted by atomic mass is 9.89. The minimum Gasteiger partial charge on any atom is -0.508 e.